The lowest BCUT2D eigenvalue weighted by Crippen LogP contribution is -2.39. The minimum Gasteiger partial charge on any atom is -0.469 e. The van der Waals surface area contributed by atoms with Crippen LogP contribution >= 0.6 is 0 Å². The standard InChI is InChI=1S/C11H16O3/c1-13-8-11(12,9-4-5-9)7-10-3-2-6-14-10/h2-3,6,9,12H,4-5,7-8H2,1H3. The van der Waals surface area contributed by atoms with Gasteiger partial charge in [-0.15, -0.1) is 0 Å². The number of furan rings is 1. The molecule has 0 bridgehead atoms. The summed E-state index contributed by atoms with van der Waals surface area (Å²) in [6.45, 7) is 0.387. The van der Waals surface area contributed by atoms with E-state index in [2.05, 4.69) is 0 Å². The first-order valence-corrected chi connectivity index (χ1v) is 4.98. The van der Waals surface area contributed by atoms with Gasteiger partial charge in [0.15, 0.2) is 0 Å². The summed E-state index contributed by atoms with van der Waals surface area (Å²) in [6, 6.07) is 3.73. The van der Waals surface area contributed by atoms with Gasteiger partial charge in [-0.1, -0.05) is 0 Å². The van der Waals surface area contributed by atoms with E-state index < -0.39 is 5.60 Å². The third-order valence-electron chi connectivity index (χ3n) is 2.79. The zero-order valence-electron chi connectivity index (χ0n) is 8.40. The largest absolute Gasteiger partial charge is 0.469 e. The Morgan fingerprint density at radius 3 is 2.93 bits per heavy atom. The average Bonchev–Trinajstić information content (AvgIpc) is 2.89. The van der Waals surface area contributed by atoms with Crippen LogP contribution in [0.2, 0.25) is 0 Å². The van der Waals surface area contributed by atoms with E-state index in [9.17, 15) is 5.11 Å². The van der Waals surface area contributed by atoms with E-state index in [1.165, 1.54) is 0 Å². The zero-order chi connectivity index (χ0) is 10.0. The smallest absolute Gasteiger partial charge is 0.106 e. The molecule has 1 saturated carbocycles. The van der Waals surface area contributed by atoms with E-state index in [0.29, 0.717) is 18.9 Å². The molecule has 2 rings (SSSR count). The lowest BCUT2D eigenvalue weighted by Gasteiger charge is -2.26. The molecule has 1 N–H and O–H groups in total. The summed E-state index contributed by atoms with van der Waals surface area (Å²) in [4.78, 5) is 0. The zero-order valence-corrected chi connectivity index (χ0v) is 8.40. The SMILES string of the molecule is COCC(O)(Cc1ccco1)C1CC1. The Hall–Kier alpha value is -0.800. The lowest BCUT2D eigenvalue weighted by atomic mass is 9.93. The van der Waals surface area contributed by atoms with Crippen LogP contribution in [-0.4, -0.2) is 24.4 Å². The molecule has 1 aliphatic carbocycles. The van der Waals surface area contributed by atoms with Crippen LogP contribution in [-0.2, 0) is 11.2 Å². The molecule has 1 unspecified atom stereocenters. The summed E-state index contributed by atoms with van der Waals surface area (Å²) >= 11 is 0. The summed E-state index contributed by atoms with van der Waals surface area (Å²) in [5.74, 6) is 1.21. The van der Waals surface area contributed by atoms with Crippen LogP contribution in [0.5, 0.6) is 0 Å². The van der Waals surface area contributed by atoms with Crippen LogP contribution < -0.4 is 0 Å². The Bertz CT molecular complexity index is 277. The van der Waals surface area contributed by atoms with Crippen LogP contribution in [0.4, 0.5) is 0 Å². The average molecular weight is 196 g/mol. The molecular weight excluding hydrogens is 180 g/mol. The molecule has 0 aromatic carbocycles. The van der Waals surface area contributed by atoms with Gasteiger partial charge in [-0.05, 0) is 30.9 Å². The van der Waals surface area contributed by atoms with Gasteiger partial charge in [0.05, 0.1) is 18.5 Å². The minimum atomic E-state index is -0.730. The molecule has 0 aliphatic heterocycles. The second kappa shape index (κ2) is 3.75. The van der Waals surface area contributed by atoms with Crippen LogP contribution in [0.1, 0.15) is 18.6 Å². The lowest BCUT2D eigenvalue weighted by molar-refractivity contribution is -0.0503. The van der Waals surface area contributed by atoms with Crippen molar-refractivity contribution < 1.29 is 14.3 Å². The first-order chi connectivity index (χ1) is 6.74. The third-order valence-corrected chi connectivity index (χ3v) is 2.79. The van der Waals surface area contributed by atoms with E-state index in [1.807, 2.05) is 12.1 Å². The van der Waals surface area contributed by atoms with Crippen molar-refractivity contribution in [1.29, 1.82) is 0 Å². The fourth-order valence-electron chi connectivity index (χ4n) is 1.90. The van der Waals surface area contributed by atoms with Gasteiger partial charge < -0.3 is 14.3 Å². The van der Waals surface area contributed by atoms with E-state index >= 15 is 0 Å². The summed E-state index contributed by atoms with van der Waals surface area (Å²) < 4.78 is 10.3. The Morgan fingerprint density at radius 1 is 1.64 bits per heavy atom. The Balaban J connectivity index is 2.03. The molecule has 1 aliphatic rings. The topological polar surface area (TPSA) is 42.6 Å². The maximum atomic E-state index is 10.3. The number of methoxy groups -OCH3 is 1. The van der Waals surface area contributed by atoms with Gasteiger partial charge in [0.25, 0.3) is 0 Å². The van der Waals surface area contributed by atoms with Crippen LogP contribution in [0.3, 0.4) is 0 Å². The highest BCUT2D eigenvalue weighted by molar-refractivity contribution is 5.07. The Morgan fingerprint density at radius 2 is 2.43 bits per heavy atom. The first kappa shape index (κ1) is 9.74. The molecule has 1 aromatic rings. The van der Waals surface area contributed by atoms with Gasteiger partial charge in [0, 0.05) is 13.5 Å². The van der Waals surface area contributed by atoms with Crippen molar-refractivity contribution in [1.82, 2.24) is 0 Å². The predicted molar refractivity (Wildman–Crippen MR) is 52.0 cm³/mol. The van der Waals surface area contributed by atoms with Crippen LogP contribution in [0.25, 0.3) is 0 Å². The number of ether oxygens (including phenoxy) is 1. The quantitative estimate of drug-likeness (QED) is 0.778. The van der Waals surface area contributed by atoms with E-state index in [0.717, 1.165) is 18.6 Å². The Labute approximate surface area is 83.7 Å². The van der Waals surface area contributed by atoms with Gasteiger partial charge in [-0.2, -0.15) is 0 Å². The maximum Gasteiger partial charge on any atom is 0.106 e. The van der Waals surface area contributed by atoms with Gasteiger partial charge in [0.1, 0.15) is 5.76 Å². The van der Waals surface area contributed by atoms with Crippen LogP contribution in [0.15, 0.2) is 22.8 Å². The second-order valence-electron chi connectivity index (χ2n) is 4.07. The van der Waals surface area contributed by atoms with Crippen LogP contribution in [0, 0.1) is 5.92 Å². The third kappa shape index (κ3) is 1.99. The molecule has 3 nitrogen and oxygen atoms in total. The monoisotopic (exact) mass is 196 g/mol. The number of aliphatic hydroxyl groups is 1. The van der Waals surface area contributed by atoms with E-state index in [-0.39, 0.29) is 0 Å². The highest BCUT2D eigenvalue weighted by atomic mass is 16.5. The molecule has 1 aromatic heterocycles. The molecule has 1 fully saturated rings. The minimum absolute atomic E-state index is 0.382. The van der Waals surface area contributed by atoms with E-state index in [4.69, 9.17) is 9.15 Å². The van der Waals surface area contributed by atoms with Crippen molar-refractivity contribution in [2.45, 2.75) is 24.9 Å². The molecule has 0 radical (unpaired) electrons. The molecule has 3 heteroatoms. The molecule has 14 heavy (non-hydrogen) atoms. The molecule has 78 valence electrons. The van der Waals surface area contributed by atoms with Crippen molar-refractivity contribution >= 4 is 0 Å². The maximum absolute atomic E-state index is 10.3. The predicted octanol–water partition coefficient (Wildman–Crippen LogP) is 1.61. The van der Waals surface area contributed by atoms with Crippen molar-refractivity contribution in [3.8, 4) is 0 Å². The fraction of sp³-hybridized carbons (Fsp3) is 0.636. The Kier molecular flexibility index (Phi) is 2.61. The number of rotatable bonds is 5. The van der Waals surface area contributed by atoms with Gasteiger partial charge in [0.2, 0.25) is 0 Å². The number of hydrogen-bond acceptors (Lipinski definition) is 3. The van der Waals surface area contributed by atoms with Gasteiger partial charge in [-0.25, -0.2) is 0 Å². The summed E-state index contributed by atoms with van der Waals surface area (Å²) in [6.07, 6.45) is 4.38. The van der Waals surface area contributed by atoms with Gasteiger partial charge in [-0.3, -0.25) is 0 Å². The van der Waals surface area contributed by atoms with Crippen molar-refractivity contribution in [3.05, 3.63) is 24.2 Å². The molecule has 0 spiro atoms. The van der Waals surface area contributed by atoms with Crippen molar-refractivity contribution in [2.75, 3.05) is 13.7 Å². The summed E-state index contributed by atoms with van der Waals surface area (Å²) in [5.41, 5.74) is -0.730. The molecule has 1 heterocycles. The normalized spacial score (nSPS) is 20.7. The van der Waals surface area contributed by atoms with Crippen molar-refractivity contribution in [3.63, 3.8) is 0 Å². The molecule has 0 amide bonds. The molecular formula is C11H16O3. The summed E-state index contributed by atoms with van der Waals surface area (Å²) in [7, 11) is 1.62. The molecule has 1 atom stereocenters. The molecule has 0 saturated heterocycles. The highest BCUT2D eigenvalue weighted by Crippen LogP contribution is 2.41. The summed E-state index contributed by atoms with van der Waals surface area (Å²) in [5, 5.41) is 10.3. The van der Waals surface area contributed by atoms with Crippen molar-refractivity contribution in [2.24, 2.45) is 5.92 Å². The second-order valence-corrected chi connectivity index (χ2v) is 4.07. The van der Waals surface area contributed by atoms with Gasteiger partial charge >= 0.3 is 0 Å². The van der Waals surface area contributed by atoms with E-state index in [1.54, 1.807) is 13.4 Å². The highest BCUT2D eigenvalue weighted by Gasteiger charge is 2.44. The first-order valence-electron chi connectivity index (χ1n) is 4.98. The fourth-order valence-corrected chi connectivity index (χ4v) is 1.90. The number of hydrogen-bond donors (Lipinski definition) is 1.